The number of hydrogen-bond acceptors (Lipinski definition) is 2. The van der Waals surface area contributed by atoms with Gasteiger partial charge in [-0.15, -0.1) is 0 Å². The van der Waals surface area contributed by atoms with Crippen LogP contribution in [-0.4, -0.2) is 10.9 Å². The Morgan fingerprint density at radius 3 is 2.43 bits per heavy atom. The summed E-state index contributed by atoms with van der Waals surface area (Å²) in [7, 11) is 0. The number of amides is 1. The van der Waals surface area contributed by atoms with Crippen LogP contribution in [0.15, 0.2) is 54.7 Å². The number of pyridine rings is 1. The average molecular weight is 297 g/mol. The topological polar surface area (TPSA) is 42.0 Å². The van der Waals surface area contributed by atoms with Gasteiger partial charge in [0.25, 0.3) is 5.91 Å². The smallest absolute Gasteiger partial charge is 0.257 e. The second-order valence-corrected chi connectivity index (χ2v) is 5.19. The second kappa shape index (κ2) is 5.54. The average Bonchev–Trinajstić information content (AvgIpc) is 2.50. The van der Waals surface area contributed by atoms with Gasteiger partial charge in [0.2, 0.25) is 0 Å². The van der Waals surface area contributed by atoms with Crippen molar-refractivity contribution in [3.05, 3.63) is 71.0 Å². The van der Waals surface area contributed by atoms with Crippen LogP contribution in [0.4, 0.5) is 5.69 Å². The highest BCUT2D eigenvalue weighted by Gasteiger charge is 2.12. The van der Waals surface area contributed by atoms with E-state index in [2.05, 4.69) is 10.3 Å². The Hall–Kier alpha value is -2.39. The quantitative estimate of drug-likeness (QED) is 0.710. The van der Waals surface area contributed by atoms with Crippen molar-refractivity contribution in [2.75, 3.05) is 5.32 Å². The van der Waals surface area contributed by atoms with Crippen LogP contribution in [-0.2, 0) is 0 Å². The minimum absolute atomic E-state index is 0.195. The fourth-order valence-corrected chi connectivity index (χ4v) is 2.39. The maximum atomic E-state index is 12.4. The number of aryl methyl sites for hydroxylation is 1. The first-order valence-electron chi connectivity index (χ1n) is 6.56. The van der Waals surface area contributed by atoms with Crippen LogP contribution in [0.5, 0.6) is 0 Å². The molecule has 0 aliphatic heterocycles. The molecule has 1 amide bonds. The lowest BCUT2D eigenvalue weighted by Gasteiger charge is -2.08. The number of nitrogens with one attached hydrogen (secondary N) is 1. The van der Waals surface area contributed by atoms with E-state index in [-0.39, 0.29) is 5.91 Å². The van der Waals surface area contributed by atoms with Crippen molar-refractivity contribution in [3.8, 4) is 0 Å². The summed E-state index contributed by atoms with van der Waals surface area (Å²) < 4.78 is 0. The zero-order chi connectivity index (χ0) is 14.8. The fraction of sp³-hybridized carbons (Fsp3) is 0.0588. The van der Waals surface area contributed by atoms with Gasteiger partial charge in [0.05, 0.1) is 5.56 Å². The standard InChI is InChI=1S/C17H13ClN2O/c1-11-6-8-12(9-7-11)20-17(21)15-10-19-16(18)14-5-3-2-4-13(14)15/h2-10H,1H3,(H,20,21). The van der Waals surface area contributed by atoms with Crippen LogP contribution in [0.3, 0.4) is 0 Å². The van der Waals surface area contributed by atoms with Gasteiger partial charge < -0.3 is 5.32 Å². The Labute approximate surface area is 127 Å². The van der Waals surface area contributed by atoms with E-state index in [0.29, 0.717) is 10.7 Å². The van der Waals surface area contributed by atoms with Gasteiger partial charge in [-0.1, -0.05) is 53.6 Å². The molecular formula is C17H13ClN2O. The number of carbonyl (C=O) groups excluding carboxylic acids is 1. The molecule has 1 heterocycles. The largest absolute Gasteiger partial charge is 0.322 e. The highest BCUT2D eigenvalue weighted by atomic mass is 35.5. The molecule has 3 aromatic rings. The number of anilines is 1. The van der Waals surface area contributed by atoms with E-state index in [0.717, 1.165) is 22.0 Å². The highest BCUT2D eigenvalue weighted by Crippen LogP contribution is 2.24. The number of aromatic nitrogens is 1. The minimum Gasteiger partial charge on any atom is -0.322 e. The molecule has 1 N–H and O–H groups in total. The molecule has 104 valence electrons. The first kappa shape index (κ1) is 13.6. The predicted molar refractivity (Wildman–Crippen MR) is 85.9 cm³/mol. The Kier molecular flexibility index (Phi) is 3.59. The molecule has 0 saturated heterocycles. The van der Waals surface area contributed by atoms with E-state index in [4.69, 9.17) is 11.6 Å². The number of halogens is 1. The first-order valence-corrected chi connectivity index (χ1v) is 6.94. The first-order chi connectivity index (χ1) is 10.1. The lowest BCUT2D eigenvalue weighted by Crippen LogP contribution is -2.12. The van der Waals surface area contributed by atoms with E-state index in [9.17, 15) is 4.79 Å². The molecular weight excluding hydrogens is 284 g/mol. The molecule has 0 atom stereocenters. The normalized spacial score (nSPS) is 10.6. The number of benzene rings is 2. The zero-order valence-electron chi connectivity index (χ0n) is 11.4. The van der Waals surface area contributed by atoms with Crippen molar-refractivity contribution in [2.24, 2.45) is 0 Å². The third-order valence-electron chi connectivity index (χ3n) is 3.30. The number of fused-ring (bicyclic) bond motifs is 1. The SMILES string of the molecule is Cc1ccc(NC(=O)c2cnc(Cl)c3ccccc23)cc1. The molecule has 0 spiro atoms. The summed E-state index contributed by atoms with van der Waals surface area (Å²) in [6.45, 7) is 2.00. The Balaban J connectivity index is 1.98. The molecule has 0 bridgehead atoms. The fourth-order valence-electron chi connectivity index (χ4n) is 2.17. The van der Waals surface area contributed by atoms with E-state index in [1.54, 1.807) is 0 Å². The van der Waals surface area contributed by atoms with Crippen LogP contribution in [0.2, 0.25) is 5.15 Å². The Morgan fingerprint density at radius 1 is 1.05 bits per heavy atom. The summed E-state index contributed by atoms with van der Waals surface area (Å²) in [4.78, 5) is 16.5. The minimum atomic E-state index is -0.195. The summed E-state index contributed by atoms with van der Waals surface area (Å²) in [6, 6.07) is 15.1. The summed E-state index contributed by atoms with van der Waals surface area (Å²) in [5, 5.41) is 4.84. The van der Waals surface area contributed by atoms with Crippen molar-refractivity contribution in [2.45, 2.75) is 6.92 Å². The molecule has 0 aliphatic carbocycles. The molecule has 2 aromatic carbocycles. The summed E-state index contributed by atoms with van der Waals surface area (Å²) >= 11 is 6.07. The van der Waals surface area contributed by atoms with Gasteiger partial charge in [0, 0.05) is 17.3 Å². The van der Waals surface area contributed by atoms with Gasteiger partial charge in [-0.2, -0.15) is 0 Å². The Bertz CT molecular complexity index is 813. The van der Waals surface area contributed by atoms with Gasteiger partial charge >= 0.3 is 0 Å². The summed E-state index contributed by atoms with van der Waals surface area (Å²) in [5.74, 6) is -0.195. The molecule has 3 rings (SSSR count). The third-order valence-corrected chi connectivity index (χ3v) is 3.60. The van der Waals surface area contributed by atoms with Crippen LogP contribution < -0.4 is 5.32 Å². The number of hydrogen-bond donors (Lipinski definition) is 1. The highest BCUT2D eigenvalue weighted by molar-refractivity contribution is 6.35. The van der Waals surface area contributed by atoms with Crippen LogP contribution in [0.1, 0.15) is 15.9 Å². The van der Waals surface area contributed by atoms with Gasteiger partial charge in [0.1, 0.15) is 5.15 Å². The zero-order valence-corrected chi connectivity index (χ0v) is 12.2. The van der Waals surface area contributed by atoms with Crippen molar-refractivity contribution in [1.29, 1.82) is 0 Å². The third kappa shape index (κ3) is 2.73. The van der Waals surface area contributed by atoms with E-state index >= 15 is 0 Å². The molecule has 0 aliphatic rings. The van der Waals surface area contributed by atoms with E-state index in [1.807, 2.05) is 55.5 Å². The molecule has 21 heavy (non-hydrogen) atoms. The van der Waals surface area contributed by atoms with Crippen LogP contribution in [0.25, 0.3) is 10.8 Å². The molecule has 0 radical (unpaired) electrons. The van der Waals surface area contributed by atoms with Gasteiger partial charge in [-0.05, 0) is 24.4 Å². The van der Waals surface area contributed by atoms with E-state index in [1.165, 1.54) is 6.20 Å². The Morgan fingerprint density at radius 2 is 1.71 bits per heavy atom. The lowest BCUT2D eigenvalue weighted by atomic mass is 10.1. The number of nitrogens with zero attached hydrogens (tertiary/aromatic N) is 1. The molecule has 0 fully saturated rings. The molecule has 0 unspecified atom stereocenters. The van der Waals surface area contributed by atoms with Gasteiger partial charge in [-0.3, -0.25) is 4.79 Å². The van der Waals surface area contributed by atoms with Crippen molar-refractivity contribution < 1.29 is 4.79 Å². The number of rotatable bonds is 2. The number of carbonyl (C=O) groups is 1. The molecule has 3 nitrogen and oxygen atoms in total. The van der Waals surface area contributed by atoms with E-state index < -0.39 is 0 Å². The molecule has 0 saturated carbocycles. The maximum Gasteiger partial charge on any atom is 0.257 e. The monoisotopic (exact) mass is 296 g/mol. The molecule has 1 aromatic heterocycles. The van der Waals surface area contributed by atoms with Crippen LogP contribution >= 0.6 is 11.6 Å². The lowest BCUT2D eigenvalue weighted by molar-refractivity contribution is 0.102. The summed E-state index contributed by atoms with van der Waals surface area (Å²) in [6.07, 6.45) is 1.51. The van der Waals surface area contributed by atoms with Gasteiger partial charge in [0.15, 0.2) is 0 Å². The van der Waals surface area contributed by atoms with Crippen molar-refractivity contribution >= 4 is 34.0 Å². The predicted octanol–water partition coefficient (Wildman–Crippen LogP) is 4.45. The summed E-state index contributed by atoms with van der Waals surface area (Å²) in [5.41, 5.74) is 2.41. The maximum absolute atomic E-state index is 12.4. The molecule has 4 heteroatoms. The van der Waals surface area contributed by atoms with Crippen molar-refractivity contribution in [1.82, 2.24) is 4.98 Å². The van der Waals surface area contributed by atoms with Crippen molar-refractivity contribution in [3.63, 3.8) is 0 Å². The second-order valence-electron chi connectivity index (χ2n) is 4.83. The van der Waals surface area contributed by atoms with Gasteiger partial charge in [-0.25, -0.2) is 4.98 Å². The van der Waals surface area contributed by atoms with Crippen LogP contribution in [0, 0.1) is 6.92 Å².